The lowest BCUT2D eigenvalue weighted by Crippen LogP contribution is -2.44. The van der Waals surface area contributed by atoms with Crippen molar-refractivity contribution in [1.82, 2.24) is 4.90 Å². The Hall–Kier alpha value is -1.35. The minimum absolute atomic E-state index is 0.316. The number of hydrogen-bond acceptors (Lipinski definition) is 3. The van der Waals surface area contributed by atoms with Crippen LogP contribution < -0.4 is 4.90 Å². The van der Waals surface area contributed by atoms with Gasteiger partial charge in [0.15, 0.2) is 5.78 Å². The zero-order valence-corrected chi connectivity index (χ0v) is 10.3. The molecule has 3 heteroatoms. The Bertz CT molecular complexity index is 448. The van der Waals surface area contributed by atoms with Crippen molar-refractivity contribution in [2.45, 2.75) is 12.8 Å². The van der Waals surface area contributed by atoms with Crippen molar-refractivity contribution in [3.8, 4) is 0 Å². The molecule has 0 atom stereocenters. The molecule has 0 radical (unpaired) electrons. The van der Waals surface area contributed by atoms with E-state index in [1.54, 1.807) is 0 Å². The highest BCUT2D eigenvalue weighted by Gasteiger charge is 2.25. The molecule has 0 unspecified atom stereocenters. The molecule has 1 aliphatic carbocycles. The van der Waals surface area contributed by atoms with E-state index in [-0.39, 0.29) is 0 Å². The van der Waals surface area contributed by atoms with Crippen LogP contribution in [0.2, 0.25) is 0 Å². The molecular formula is C14H18N2O. The van der Waals surface area contributed by atoms with E-state index < -0.39 is 0 Å². The van der Waals surface area contributed by atoms with Crippen molar-refractivity contribution in [1.29, 1.82) is 0 Å². The normalized spacial score (nSPS) is 20.8. The van der Waals surface area contributed by atoms with Crippen LogP contribution in [0.15, 0.2) is 18.2 Å². The first kappa shape index (κ1) is 10.8. The first-order valence-corrected chi connectivity index (χ1v) is 6.34. The molecule has 90 valence electrons. The zero-order chi connectivity index (χ0) is 11.8. The van der Waals surface area contributed by atoms with Crippen LogP contribution in [0.4, 0.5) is 5.69 Å². The Morgan fingerprint density at radius 2 is 1.82 bits per heavy atom. The van der Waals surface area contributed by atoms with Gasteiger partial charge in [-0.3, -0.25) is 4.79 Å². The van der Waals surface area contributed by atoms with E-state index in [9.17, 15) is 4.79 Å². The molecule has 1 fully saturated rings. The Labute approximate surface area is 102 Å². The summed E-state index contributed by atoms with van der Waals surface area (Å²) in [6.07, 6.45) is 1.62. The van der Waals surface area contributed by atoms with Gasteiger partial charge in [0.05, 0.1) is 0 Å². The van der Waals surface area contributed by atoms with Gasteiger partial charge in [-0.1, -0.05) is 12.1 Å². The smallest absolute Gasteiger partial charge is 0.163 e. The molecule has 2 aliphatic rings. The number of rotatable bonds is 1. The van der Waals surface area contributed by atoms with Crippen molar-refractivity contribution in [2.24, 2.45) is 0 Å². The van der Waals surface area contributed by atoms with Crippen molar-refractivity contribution < 1.29 is 4.79 Å². The Kier molecular flexibility index (Phi) is 2.63. The highest BCUT2D eigenvalue weighted by Crippen LogP contribution is 2.31. The summed E-state index contributed by atoms with van der Waals surface area (Å²) in [6, 6.07) is 6.17. The minimum Gasteiger partial charge on any atom is -0.369 e. The van der Waals surface area contributed by atoms with Crippen LogP contribution in [0.25, 0.3) is 0 Å². The standard InChI is InChI=1S/C14H18N2O/c1-15-7-9-16(10-8-15)13-4-2-3-12-11(13)5-6-14(12)17/h2-4H,5-10H2,1H3. The summed E-state index contributed by atoms with van der Waals surface area (Å²) in [5.41, 5.74) is 3.53. The molecule has 3 nitrogen and oxygen atoms in total. The number of piperazine rings is 1. The number of anilines is 1. The van der Waals surface area contributed by atoms with Crippen molar-refractivity contribution in [3.63, 3.8) is 0 Å². The number of nitrogens with zero attached hydrogens (tertiary/aromatic N) is 2. The highest BCUT2D eigenvalue weighted by atomic mass is 16.1. The van der Waals surface area contributed by atoms with E-state index in [1.807, 2.05) is 12.1 Å². The number of carbonyl (C=O) groups is 1. The molecular weight excluding hydrogens is 212 g/mol. The van der Waals surface area contributed by atoms with E-state index in [0.29, 0.717) is 12.2 Å². The maximum absolute atomic E-state index is 11.7. The van der Waals surface area contributed by atoms with Gasteiger partial charge < -0.3 is 9.80 Å². The van der Waals surface area contributed by atoms with E-state index in [1.165, 1.54) is 11.3 Å². The maximum atomic E-state index is 11.7. The lowest BCUT2D eigenvalue weighted by molar-refractivity contribution is 0.0994. The molecule has 0 saturated carbocycles. The van der Waals surface area contributed by atoms with E-state index in [0.717, 1.165) is 38.2 Å². The van der Waals surface area contributed by atoms with E-state index in [2.05, 4.69) is 22.9 Å². The molecule has 1 aromatic rings. The fourth-order valence-corrected chi connectivity index (χ4v) is 2.82. The average molecular weight is 230 g/mol. The summed E-state index contributed by atoms with van der Waals surface area (Å²) in [5, 5.41) is 0. The third-order valence-electron chi connectivity index (χ3n) is 3.90. The molecule has 1 heterocycles. The quantitative estimate of drug-likeness (QED) is 0.731. The number of carbonyl (C=O) groups excluding carboxylic acids is 1. The zero-order valence-electron chi connectivity index (χ0n) is 10.3. The monoisotopic (exact) mass is 230 g/mol. The van der Waals surface area contributed by atoms with Gasteiger partial charge >= 0.3 is 0 Å². The Morgan fingerprint density at radius 1 is 1.06 bits per heavy atom. The maximum Gasteiger partial charge on any atom is 0.163 e. The molecule has 17 heavy (non-hydrogen) atoms. The number of hydrogen-bond donors (Lipinski definition) is 0. The Balaban J connectivity index is 1.91. The highest BCUT2D eigenvalue weighted by molar-refractivity contribution is 6.02. The van der Waals surface area contributed by atoms with Crippen molar-refractivity contribution in [2.75, 3.05) is 38.1 Å². The van der Waals surface area contributed by atoms with Gasteiger partial charge in [0.1, 0.15) is 0 Å². The number of likely N-dealkylation sites (N-methyl/N-ethyl adjacent to an activating group) is 1. The molecule has 1 aliphatic heterocycles. The second kappa shape index (κ2) is 4.15. The topological polar surface area (TPSA) is 23.6 Å². The first-order chi connectivity index (χ1) is 8.25. The SMILES string of the molecule is CN1CCN(c2cccc3c2CCC3=O)CC1. The number of fused-ring (bicyclic) bond motifs is 1. The van der Waals surface area contributed by atoms with Crippen LogP contribution >= 0.6 is 0 Å². The molecule has 0 bridgehead atoms. The molecule has 0 amide bonds. The van der Waals surface area contributed by atoms with Gasteiger partial charge in [0, 0.05) is 43.9 Å². The van der Waals surface area contributed by atoms with Gasteiger partial charge in [0.25, 0.3) is 0 Å². The second-order valence-electron chi connectivity index (χ2n) is 5.02. The summed E-state index contributed by atoms with van der Waals surface area (Å²) < 4.78 is 0. The third kappa shape index (κ3) is 1.84. The van der Waals surface area contributed by atoms with Crippen LogP contribution in [0.5, 0.6) is 0 Å². The predicted molar refractivity (Wildman–Crippen MR) is 68.8 cm³/mol. The molecule has 1 saturated heterocycles. The Morgan fingerprint density at radius 3 is 2.59 bits per heavy atom. The van der Waals surface area contributed by atoms with Crippen molar-refractivity contribution in [3.05, 3.63) is 29.3 Å². The van der Waals surface area contributed by atoms with E-state index in [4.69, 9.17) is 0 Å². The summed E-state index contributed by atoms with van der Waals surface area (Å²) in [4.78, 5) is 16.5. The summed E-state index contributed by atoms with van der Waals surface area (Å²) in [5.74, 6) is 0.316. The first-order valence-electron chi connectivity index (χ1n) is 6.34. The van der Waals surface area contributed by atoms with Gasteiger partial charge in [0.2, 0.25) is 0 Å². The van der Waals surface area contributed by atoms with Crippen LogP contribution in [-0.2, 0) is 6.42 Å². The van der Waals surface area contributed by atoms with Gasteiger partial charge in [-0.25, -0.2) is 0 Å². The summed E-state index contributed by atoms with van der Waals surface area (Å²) in [6.45, 7) is 4.36. The van der Waals surface area contributed by atoms with Crippen LogP contribution in [-0.4, -0.2) is 43.9 Å². The molecule has 0 aromatic heterocycles. The number of benzene rings is 1. The molecule has 0 spiro atoms. The van der Waals surface area contributed by atoms with Gasteiger partial charge in [-0.15, -0.1) is 0 Å². The molecule has 0 N–H and O–H groups in total. The number of ketones is 1. The van der Waals surface area contributed by atoms with Crippen LogP contribution in [0, 0.1) is 0 Å². The summed E-state index contributed by atoms with van der Waals surface area (Å²) in [7, 11) is 2.16. The van der Waals surface area contributed by atoms with Gasteiger partial charge in [-0.05, 0) is 25.1 Å². The minimum atomic E-state index is 0.316. The van der Waals surface area contributed by atoms with Gasteiger partial charge in [-0.2, -0.15) is 0 Å². The molecule has 1 aromatic carbocycles. The lowest BCUT2D eigenvalue weighted by atomic mass is 10.1. The van der Waals surface area contributed by atoms with Crippen LogP contribution in [0.3, 0.4) is 0 Å². The lowest BCUT2D eigenvalue weighted by Gasteiger charge is -2.35. The van der Waals surface area contributed by atoms with Crippen molar-refractivity contribution >= 4 is 11.5 Å². The summed E-state index contributed by atoms with van der Waals surface area (Å²) >= 11 is 0. The second-order valence-corrected chi connectivity index (χ2v) is 5.02. The largest absolute Gasteiger partial charge is 0.369 e. The number of Topliss-reactive ketones (excluding diaryl/α,β-unsaturated/α-hetero) is 1. The average Bonchev–Trinajstić information content (AvgIpc) is 2.73. The molecule has 3 rings (SSSR count). The van der Waals surface area contributed by atoms with Crippen LogP contribution in [0.1, 0.15) is 22.3 Å². The van der Waals surface area contributed by atoms with E-state index >= 15 is 0 Å². The fraction of sp³-hybridized carbons (Fsp3) is 0.500. The third-order valence-corrected chi connectivity index (χ3v) is 3.90. The fourth-order valence-electron chi connectivity index (χ4n) is 2.82. The predicted octanol–water partition coefficient (Wildman–Crippen LogP) is 1.57.